The fourth-order valence-corrected chi connectivity index (χ4v) is 2.55. The first-order valence-electron chi connectivity index (χ1n) is 5.83. The molecule has 0 aliphatic rings. The van der Waals surface area contributed by atoms with Crippen LogP contribution in [0.4, 0.5) is 5.69 Å². The predicted octanol–water partition coefficient (Wildman–Crippen LogP) is 1.80. The summed E-state index contributed by atoms with van der Waals surface area (Å²) >= 11 is 5.84. The van der Waals surface area contributed by atoms with E-state index < -0.39 is 16.2 Å². The van der Waals surface area contributed by atoms with Crippen LogP contribution < -0.4 is 4.72 Å². The van der Waals surface area contributed by atoms with Gasteiger partial charge < -0.3 is 4.74 Å². The van der Waals surface area contributed by atoms with Crippen molar-refractivity contribution in [3.63, 3.8) is 0 Å². The van der Waals surface area contributed by atoms with Gasteiger partial charge in [0, 0.05) is 18.6 Å². The summed E-state index contributed by atoms with van der Waals surface area (Å²) in [4.78, 5) is 11.0. The molecule has 0 radical (unpaired) electrons. The van der Waals surface area contributed by atoms with Gasteiger partial charge in [-0.15, -0.1) is 0 Å². The number of hydrogen-bond donors (Lipinski definition) is 1. The molecule has 6 nitrogen and oxygen atoms in total. The molecule has 0 fully saturated rings. The molecule has 112 valence electrons. The number of aryl methyl sites for hydroxylation is 1. The molecule has 0 aliphatic heterocycles. The second-order valence-corrected chi connectivity index (χ2v) is 6.43. The molecule has 0 bridgehead atoms. The van der Waals surface area contributed by atoms with Crippen molar-refractivity contribution in [2.45, 2.75) is 13.3 Å². The Bertz CT molecular complexity index is 589. The average Bonchev–Trinajstić information content (AvgIpc) is 2.39. The minimum Gasteiger partial charge on any atom is -0.469 e. The molecular formula is C12H17ClN2O4S. The zero-order valence-corrected chi connectivity index (χ0v) is 13.1. The highest BCUT2D eigenvalue weighted by Crippen LogP contribution is 2.21. The van der Waals surface area contributed by atoms with Crippen LogP contribution in [-0.2, 0) is 19.7 Å². The molecule has 0 spiro atoms. The van der Waals surface area contributed by atoms with Crippen molar-refractivity contribution in [3.8, 4) is 0 Å². The van der Waals surface area contributed by atoms with Crippen LogP contribution in [0.5, 0.6) is 0 Å². The zero-order valence-electron chi connectivity index (χ0n) is 11.5. The smallest absolute Gasteiger partial charge is 0.306 e. The number of nitrogens with zero attached hydrogens (tertiary/aromatic N) is 1. The number of anilines is 1. The van der Waals surface area contributed by atoms with E-state index in [4.69, 9.17) is 11.6 Å². The topological polar surface area (TPSA) is 75.7 Å². The van der Waals surface area contributed by atoms with E-state index in [9.17, 15) is 13.2 Å². The summed E-state index contributed by atoms with van der Waals surface area (Å²) in [6.45, 7) is 1.80. The minimum atomic E-state index is -3.74. The second kappa shape index (κ2) is 6.92. The number of carbonyl (C=O) groups excluding carboxylic acids is 1. The third kappa shape index (κ3) is 4.66. The quantitative estimate of drug-likeness (QED) is 0.811. The Morgan fingerprint density at radius 1 is 1.45 bits per heavy atom. The summed E-state index contributed by atoms with van der Waals surface area (Å²) in [7, 11) is -1.11. The Hall–Kier alpha value is -1.31. The summed E-state index contributed by atoms with van der Waals surface area (Å²) in [5, 5.41) is 0.436. The highest BCUT2D eigenvalue weighted by atomic mass is 35.5. The van der Waals surface area contributed by atoms with Gasteiger partial charge in [-0.2, -0.15) is 12.7 Å². The Labute approximate surface area is 123 Å². The highest BCUT2D eigenvalue weighted by Gasteiger charge is 2.19. The van der Waals surface area contributed by atoms with Crippen LogP contribution in [0.15, 0.2) is 18.2 Å². The number of hydrogen-bond acceptors (Lipinski definition) is 4. The highest BCUT2D eigenvalue weighted by molar-refractivity contribution is 7.90. The molecule has 0 heterocycles. The number of halogens is 1. The van der Waals surface area contributed by atoms with Gasteiger partial charge in [-0.3, -0.25) is 9.52 Å². The van der Waals surface area contributed by atoms with Crippen LogP contribution in [0, 0.1) is 6.92 Å². The Balaban J connectivity index is 2.78. The van der Waals surface area contributed by atoms with Crippen molar-refractivity contribution in [2.24, 2.45) is 0 Å². The SMILES string of the molecule is COC(=O)CCN(C)S(=O)(=O)Nc1cc(Cl)ccc1C. The predicted molar refractivity (Wildman–Crippen MR) is 78.0 cm³/mol. The zero-order chi connectivity index (χ0) is 15.3. The number of ether oxygens (including phenoxy) is 1. The fourth-order valence-electron chi connectivity index (χ4n) is 1.39. The maximum absolute atomic E-state index is 12.1. The van der Waals surface area contributed by atoms with Gasteiger partial charge >= 0.3 is 16.2 Å². The Morgan fingerprint density at radius 3 is 2.70 bits per heavy atom. The first kappa shape index (κ1) is 16.7. The monoisotopic (exact) mass is 320 g/mol. The molecule has 8 heteroatoms. The third-order valence-corrected chi connectivity index (χ3v) is 4.42. The van der Waals surface area contributed by atoms with Crippen LogP contribution in [-0.4, -0.2) is 39.4 Å². The van der Waals surface area contributed by atoms with E-state index in [-0.39, 0.29) is 13.0 Å². The molecule has 20 heavy (non-hydrogen) atoms. The lowest BCUT2D eigenvalue weighted by Gasteiger charge is -2.18. The van der Waals surface area contributed by atoms with E-state index in [1.54, 1.807) is 19.1 Å². The van der Waals surface area contributed by atoms with Crippen molar-refractivity contribution in [2.75, 3.05) is 25.4 Å². The number of rotatable bonds is 6. The van der Waals surface area contributed by atoms with E-state index in [1.165, 1.54) is 20.2 Å². The lowest BCUT2D eigenvalue weighted by atomic mass is 10.2. The molecule has 0 saturated carbocycles. The summed E-state index contributed by atoms with van der Waals surface area (Å²) in [6, 6.07) is 4.92. The van der Waals surface area contributed by atoms with Gasteiger partial charge in [0.2, 0.25) is 0 Å². The molecule has 1 aromatic rings. The van der Waals surface area contributed by atoms with Crippen LogP contribution in [0.2, 0.25) is 5.02 Å². The van der Waals surface area contributed by atoms with E-state index in [2.05, 4.69) is 9.46 Å². The molecule has 1 rings (SSSR count). The molecular weight excluding hydrogens is 304 g/mol. The molecule has 0 aliphatic carbocycles. The maximum atomic E-state index is 12.1. The second-order valence-electron chi connectivity index (χ2n) is 4.21. The third-order valence-electron chi connectivity index (χ3n) is 2.71. The molecule has 0 unspecified atom stereocenters. The van der Waals surface area contributed by atoms with Gasteiger partial charge in [0.1, 0.15) is 0 Å². The Kier molecular flexibility index (Phi) is 5.79. The Morgan fingerprint density at radius 2 is 2.10 bits per heavy atom. The largest absolute Gasteiger partial charge is 0.469 e. The van der Waals surface area contributed by atoms with Gasteiger partial charge in [-0.1, -0.05) is 17.7 Å². The van der Waals surface area contributed by atoms with Crippen LogP contribution in [0.25, 0.3) is 0 Å². The van der Waals surface area contributed by atoms with Crippen molar-refractivity contribution >= 4 is 33.5 Å². The molecule has 1 aromatic carbocycles. The van der Waals surface area contributed by atoms with E-state index >= 15 is 0 Å². The van der Waals surface area contributed by atoms with Gasteiger partial charge in [-0.05, 0) is 24.6 Å². The van der Waals surface area contributed by atoms with Crippen LogP contribution in [0.3, 0.4) is 0 Å². The summed E-state index contributed by atoms with van der Waals surface area (Å²) in [5.74, 6) is -0.467. The van der Waals surface area contributed by atoms with Gasteiger partial charge in [0.25, 0.3) is 0 Å². The first-order valence-corrected chi connectivity index (χ1v) is 7.65. The van der Waals surface area contributed by atoms with E-state index in [0.717, 1.165) is 9.87 Å². The summed E-state index contributed by atoms with van der Waals surface area (Å²) < 4.78 is 32.1. The number of nitrogens with one attached hydrogen (secondary N) is 1. The number of esters is 1. The summed E-state index contributed by atoms with van der Waals surface area (Å²) in [5.41, 5.74) is 1.15. The van der Waals surface area contributed by atoms with Gasteiger partial charge in [0.15, 0.2) is 0 Å². The standard InChI is InChI=1S/C12H17ClN2O4S/c1-9-4-5-10(13)8-11(9)14-20(17,18)15(2)7-6-12(16)19-3/h4-5,8,14H,6-7H2,1-3H3. The van der Waals surface area contributed by atoms with Crippen LogP contribution in [0.1, 0.15) is 12.0 Å². The van der Waals surface area contributed by atoms with Crippen molar-refractivity contribution < 1.29 is 17.9 Å². The lowest BCUT2D eigenvalue weighted by molar-refractivity contribution is -0.140. The van der Waals surface area contributed by atoms with E-state index in [1.807, 2.05) is 0 Å². The molecule has 0 saturated heterocycles. The molecule has 1 N–H and O–H groups in total. The summed E-state index contributed by atoms with van der Waals surface area (Å²) in [6.07, 6.45) is -0.0115. The van der Waals surface area contributed by atoms with Crippen molar-refractivity contribution in [3.05, 3.63) is 28.8 Å². The number of benzene rings is 1. The molecule has 0 aromatic heterocycles. The normalized spacial score (nSPS) is 11.4. The van der Waals surface area contributed by atoms with Gasteiger partial charge in [-0.25, -0.2) is 0 Å². The first-order chi connectivity index (χ1) is 9.26. The van der Waals surface area contributed by atoms with E-state index in [0.29, 0.717) is 10.7 Å². The van der Waals surface area contributed by atoms with Gasteiger partial charge in [0.05, 0.1) is 19.2 Å². The van der Waals surface area contributed by atoms with Crippen LogP contribution >= 0.6 is 11.6 Å². The lowest BCUT2D eigenvalue weighted by Crippen LogP contribution is -2.34. The van der Waals surface area contributed by atoms with Crippen molar-refractivity contribution in [1.82, 2.24) is 4.31 Å². The molecule has 0 amide bonds. The fraction of sp³-hybridized carbons (Fsp3) is 0.417. The average molecular weight is 321 g/mol. The minimum absolute atomic E-state index is 0.0115. The molecule has 0 atom stereocenters. The maximum Gasteiger partial charge on any atom is 0.306 e. The van der Waals surface area contributed by atoms with Crippen molar-refractivity contribution in [1.29, 1.82) is 0 Å². The number of carbonyl (C=O) groups is 1. The number of methoxy groups -OCH3 is 1.